The van der Waals surface area contributed by atoms with Gasteiger partial charge < -0.3 is 10.1 Å². The highest BCUT2D eigenvalue weighted by Gasteiger charge is 2.29. The molecule has 4 heteroatoms. The van der Waals surface area contributed by atoms with Gasteiger partial charge in [-0.15, -0.1) is 0 Å². The van der Waals surface area contributed by atoms with Crippen molar-refractivity contribution in [2.24, 2.45) is 11.8 Å². The summed E-state index contributed by atoms with van der Waals surface area (Å²) in [5.74, 6) is 0.630. The van der Waals surface area contributed by atoms with Gasteiger partial charge in [-0.2, -0.15) is 0 Å². The Kier molecular flexibility index (Phi) is 5.06. The molecule has 0 aromatic rings. The predicted octanol–water partition coefficient (Wildman–Crippen LogP) is 1.95. The molecule has 0 aliphatic carbocycles. The van der Waals surface area contributed by atoms with E-state index in [0.29, 0.717) is 12.5 Å². The summed E-state index contributed by atoms with van der Waals surface area (Å²) in [5, 5.41) is 3.87. The topological polar surface area (TPSA) is 38.3 Å². The predicted molar refractivity (Wildman–Crippen MR) is 64.1 cm³/mol. The molecule has 1 saturated heterocycles. The summed E-state index contributed by atoms with van der Waals surface area (Å²) < 4.78 is 5.39. The molecule has 1 fully saturated rings. The minimum Gasteiger partial charge on any atom is -0.378 e. The molecule has 1 heterocycles. The molecule has 3 unspecified atom stereocenters. The molecule has 0 radical (unpaired) electrons. The van der Waals surface area contributed by atoms with Crippen LogP contribution in [0.1, 0.15) is 27.2 Å². The highest BCUT2D eigenvalue weighted by Crippen LogP contribution is 2.19. The van der Waals surface area contributed by atoms with Crippen molar-refractivity contribution in [3.63, 3.8) is 0 Å². The number of hydrogen-bond donors (Lipinski definition) is 1. The summed E-state index contributed by atoms with van der Waals surface area (Å²) in [7, 11) is 0. The minimum absolute atomic E-state index is 0.0419. The molecular formula is C11H20BrNO2. The molecule has 0 spiro atoms. The van der Waals surface area contributed by atoms with Crippen LogP contribution in [0, 0.1) is 11.8 Å². The van der Waals surface area contributed by atoms with E-state index < -0.39 is 0 Å². The largest absolute Gasteiger partial charge is 0.378 e. The lowest BCUT2D eigenvalue weighted by atomic mass is 10.0. The van der Waals surface area contributed by atoms with Crippen molar-refractivity contribution in [2.75, 3.05) is 11.9 Å². The Morgan fingerprint density at radius 3 is 2.67 bits per heavy atom. The molecule has 1 amide bonds. The lowest BCUT2D eigenvalue weighted by molar-refractivity contribution is -0.125. The van der Waals surface area contributed by atoms with Crippen LogP contribution in [0.2, 0.25) is 0 Å². The molecule has 0 saturated carbocycles. The number of carbonyl (C=O) groups excluding carboxylic acids is 1. The summed E-state index contributed by atoms with van der Waals surface area (Å²) in [6, 6.07) is 0.216. The number of rotatable bonds is 4. The zero-order chi connectivity index (χ0) is 11.4. The average molecular weight is 278 g/mol. The van der Waals surface area contributed by atoms with Gasteiger partial charge in [-0.3, -0.25) is 4.79 Å². The second kappa shape index (κ2) is 5.85. The van der Waals surface area contributed by atoms with Gasteiger partial charge in [0.25, 0.3) is 0 Å². The van der Waals surface area contributed by atoms with E-state index >= 15 is 0 Å². The second-order valence-electron chi connectivity index (χ2n) is 4.59. The molecule has 0 aromatic heterocycles. The zero-order valence-corrected chi connectivity index (χ0v) is 11.2. The van der Waals surface area contributed by atoms with Gasteiger partial charge in [-0.1, -0.05) is 29.8 Å². The number of nitrogens with one attached hydrogen (secondary N) is 1. The molecule has 15 heavy (non-hydrogen) atoms. The third-order valence-electron chi connectivity index (χ3n) is 2.87. The van der Waals surface area contributed by atoms with Crippen LogP contribution in [0.15, 0.2) is 0 Å². The van der Waals surface area contributed by atoms with Gasteiger partial charge in [-0.25, -0.2) is 0 Å². The molecule has 0 aromatic carbocycles. The molecule has 1 N–H and O–H groups in total. The fraction of sp³-hybridized carbons (Fsp3) is 0.909. The minimum atomic E-state index is 0.0419. The molecule has 0 bridgehead atoms. The fourth-order valence-electron chi connectivity index (χ4n) is 1.68. The van der Waals surface area contributed by atoms with Gasteiger partial charge in [0.1, 0.15) is 0 Å². The molecule has 1 aliphatic rings. The first kappa shape index (κ1) is 13.0. The number of alkyl halides is 1. The summed E-state index contributed by atoms with van der Waals surface area (Å²) in [6.45, 7) is 6.80. The van der Waals surface area contributed by atoms with Crippen LogP contribution < -0.4 is 5.32 Å². The smallest absolute Gasteiger partial charge is 0.225 e. The Balaban J connectivity index is 2.40. The Morgan fingerprint density at radius 2 is 2.27 bits per heavy atom. The van der Waals surface area contributed by atoms with Gasteiger partial charge in [0.15, 0.2) is 0 Å². The van der Waals surface area contributed by atoms with E-state index in [4.69, 9.17) is 4.74 Å². The Hall–Kier alpha value is -0.0900. The van der Waals surface area contributed by atoms with Crippen LogP contribution in [-0.2, 0) is 9.53 Å². The molecule has 1 aliphatic heterocycles. The number of carbonyl (C=O) groups is 1. The first-order valence-electron chi connectivity index (χ1n) is 5.52. The highest BCUT2D eigenvalue weighted by molar-refractivity contribution is 9.09. The Morgan fingerprint density at radius 1 is 1.60 bits per heavy atom. The normalized spacial score (nSPS) is 28.1. The van der Waals surface area contributed by atoms with E-state index in [1.54, 1.807) is 0 Å². The van der Waals surface area contributed by atoms with Crippen LogP contribution in [0.5, 0.6) is 0 Å². The van der Waals surface area contributed by atoms with Crippen molar-refractivity contribution in [3.8, 4) is 0 Å². The standard InChI is InChI=1S/C11H20BrNO2/c1-7(2)10(5-12)13-11(14)9-4-8(3)15-6-9/h7-10H,4-6H2,1-3H3,(H,13,14). The third kappa shape index (κ3) is 3.76. The van der Waals surface area contributed by atoms with E-state index in [2.05, 4.69) is 35.1 Å². The van der Waals surface area contributed by atoms with Crippen molar-refractivity contribution >= 4 is 21.8 Å². The van der Waals surface area contributed by atoms with E-state index in [0.717, 1.165) is 11.8 Å². The van der Waals surface area contributed by atoms with Crippen LogP contribution in [0.4, 0.5) is 0 Å². The molecular weight excluding hydrogens is 258 g/mol. The van der Waals surface area contributed by atoms with E-state index in [-0.39, 0.29) is 24.0 Å². The van der Waals surface area contributed by atoms with E-state index in [9.17, 15) is 4.79 Å². The van der Waals surface area contributed by atoms with Gasteiger partial charge in [0.2, 0.25) is 5.91 Å². The van der Waals surface area contributed by atoms with Crippen molar-refractivity contribution in [2.45, 2.75) is 39.3 Å². The van der Waals surface area contributed by atoms with Gasteiger partial charge in [0, 0.05) is 11.4 Å². The lowest BCUT2D eigenvalue weighted by Crippen LogP contribution is -2.43. The quantitative estimate of drug-likeness (QED) is 0.798. The molecule has 1 rings (SSSR count). The van der Waals surface area contributed by atoms with Crippen molar-refractivity contribution in [3.05, 3.63) is 0 Å². The Labute approximate surface area is 100 Å². The SMILES string of the molecule is CC1CC(C(=O)NC(CBr)C(C)C)CO1. The van der Waals surface area contributed by atoms with Crippen molar-refractivity contribution < 1.29 is 9.53 Å². The number of ether oxygens (including phenoxy) is 1. The number of halogens is 1. The van der Waals surface area contributed by atoms with E-state index in [1.807, 2.05) is 6.92 Å². The lowest BCUT2D eigenvalue weighted by Gasteiger charge is -2.21. The third-order valence-corrected chi connectivity index (χ3v) is 3.57. The van der Waals surface area contributed by atoms with Crippen molar-refractivity contribution in [1.82, 2.24) is 5.32 Å². The van der Waals surface area contributed by atoms with E-state index in [1.165, 1.54) is 0 Å². The monoisotopic (exact) mass is 277 g/mol. The van der Waals surface area contributed by atoms with Crippen LogP contribution >= 0.6 is 15.9 Å². The van der Waals surface area contributed by atoms with Crippen molar-refractivity contribution in [1.29, 1.82) is 0 Å². The van der Waals surface area contributed by atoms with Crippen LogP contribution in [0.25, 0.3) is 0 Å². The summed E-state index contributed by atoms with van der Waals surface area (Å²) in [5.41, 5.74) is 0. The molecule has 3 atom stereocenters. The van der Waals surface area contributed by atoms with Gasteiger partial charge >= 0.3 is 0 Å². The fourth-order valence-corrected chi connectivity index (χ4v) is 2.59. The maximum Gasteiger partial charge on any atom is 0.225 e. The second-order valence-corrected chi connectivity index (χ2v) is 5.24. The maximum atomic E-state index is 11.9. The number of amides is 1. The van der Waals surface area contributed by atoms with Crippen LogP contribution in [0.3, 0.4) is 0 Å². The maximum absolute atomic E-state index is 11.9. The first-order valence-corrected chi connectivity index (χ1v) is 6.64. The summed E-state index contributed by atoms with van der Waals surface area (Å²) in [6.07, 6.45) is 1.07. The van der Waals surface area contributed by atoms with Gasteiger partial charge in [-0.05, 0) is 19.3 Å². The van der Waals surface area contributed by atoms with Gasteiger partial charge in [0.05, 0.1) is 18.6 Å². The summed E-state index contributed by atoms with van der Waals surface area (Å²) in [4.78, 5) is 11.9. The average Bonchev–Trinajstić information content (AvgIpc) is 2.60. The number of hydrogen-bond acceptors (Lipinski definition) is 2. The van der Waals surface area contributed by atoms with Crippen LogP contribution in [-0.4, -0.2) is 30.0 Å². The molecule has 3 nitrogen and oxygen atoms in total. The zero-order valence-electron chi connectivity index (χ0n) is 9.63. The highest BCUT2D eigenvalue weighted by atomic mass is 79.9. The first-order chi connectivity index (χ1) is 7.04. The summed E-state index contributed by atoms with van der Waals surface area (Å²) >= 11 is 3.42. The Bertz CT molecular complexity index is 221. The molecule has 88 valence electrons.